The Morgan fingerprint density at radius 2 is 2.31 bits per heavy atom. The van der Waals surface area contributed by atoms with Crippen LogP contribution >= 0.6 is 15.9 Å². The lowest BCUT2D eigenvalue weighted by molar-refractivity contribution is 0.150. The highest BCUT2D eigenvalue weighted by Gasteiger charge is 2.09. The molecule has 86 valence electrons. The molecule has 0 aliphatic carbocycles. The molecular formula is C12H15BrN2O. The molecule has 0 aliphatic heterocycles. The number of fused-ring (bicyclic) bond motifs is 1. The van der Waals surface area contributed by atoms with Crippen molar-refractivity contribution < 1.29 is 4.74 Å². The van der Waals surface area contributed by atoms with E-state index in [9.17, 15) is 0 Å². The summed E-state index contributed by atoms with van der Waals surface area (Å²) < 4.78 is 6.53. The second kappa shape index (κ2) is 4.97. The zero-order valence-electron chi connectivity index (χ0n) is 9.51. The molecule has 0 aliphatic rings. The number of hydrogen-bond acceptors (Lipinski definition) is 2. The predicted molar refractivity (Wildman–Crippen MR) is 68.7 cm³/mol. The largest absolute Gasteiger partial charge is 0.381 e. The fourth-order valence-electron chi connectivity index (χ4n) is 1.85. The van der Waals surface area contributed by atoms with Crippen LogP contribution in [0.1, 0.15) is 18.1 Å². The minimum Gasteiger partial charge on any atom is -0.381 e. The Hall–Kier alpha value is -0.870. The number of hydrogen-bond donors (Lipinski definition) is 1. The van der Waals surface area contributed by atoms with Crippen molar-refractivity contribution in [1.29, 1.82) is 0 Å². The van der Waals surface area contributed by atoms with Crippen LogP contribution in [0.15, 0.2) is 16.7 Å². The number of nitrogens with zero attached hydrogens (tertiary/aromatic N) is 1. The van der Waals surface area contributed by atoms with E-state index in [2.05, 4.69) is 39.1 Å². The van der Waals surface area contributed by atoms with Crippen molar-refractivity contribution >= 4 is 26.8 Å². The summed E-state index contributed by atoms with van der Waals surface area (Å²) in [5.74, 6) is 0. The average molecular weight is 283 g/mol. The van der Waals surface area contributed by atoms with Crippen molar-refractivity contribution in [2.45, 2.75) is 20.3 Å². The number of aromatic nitrogens is 2. The van der Waals surface area contributed by atoms with Gasteiger partial charge in [0.25, 0.3) is 0 Å². The number of ether oxygens (including phenoxy) is 1. The maximum absolute atomic E-state index is 5.40. The number of H-pyrrole nitrogens is 1. The van der Waals surface area contributed by atoms with Gasteiger partial charge in [-0.05, 0) is 53.4 Å². The minimum atomic E-state index is 0.763. The number of aryl methyl sites for hydroxylation is 1. The van der Waals surface area contributed by atoms with E-state index < -0.39 is 0 Å². The summed E-state index contributed by atoms with van der Waals surface area (Å²) in [5, 5.41) is 8.18. The third-order valence-corrected chi connectivity index (χ3v) is 3.61. The first-order chi connectivity index (χ1) is 7.74. The molecule has 1 heterocycles. The number of rotatable bonds is 4. The third kappa shape index (κ3) is 2.13. The van der Waals surface area contributed by atoms with Crippen molar-refractivity contribution in [3.8, 4) is 0 Å². The summed E-state index contributed by atoms with van der Waals surface area (Å²) in [6.07, 6.45) is 2.78. The van der Waals surface area contributed by atoms with Gasteiger partial charge in [-0.15, -0.1) is 0 Å². The number of aromatic amines is 1. The van der Waals surface area contributed by atoms with E-state index in [-0.39, 0.29) is 0 Å². The molecule has 0 bridgehead atoms. The predicted octanol–water partition coefficient (Wildman–Crippen LogP) is 3.21. The second-order valence-electron chi connectivity index (χ2n) is 3.76. The van der Waals surface area contributed by atoms with Crippen molar-refractivity contribution in [2.24, 2.45) is 0 Å². The van der Waals surface area contributed by atoms with Crippen LogP contribution in [0.25, 0.3) is 10.9 Å². The molecule has 1 N–H and O–H groups in total. The van der Waals surface area contributed by atoms with Crippen LogP contribution in [0.3, 0.4) is 0 Å². The molecule has 0 radical (unpaired) electrons. The van der Waals surface area contributed by atoms with Gasteiger partial charge in [0.05, 0.1) is 18.3 Å². The first-order valence-electron chi connectivity index (χ1n) is 5.42. The second-order valence-corrected chi connectivity index (χ2v) is 4.56. The maximum atomic E-state index is 5.40. The Morgan fingerprint density at radius 3 is 3.06 bits per heavy atom. The molecule has 0 saturated heterocycles. The molecule has 16 heavy (non-hydrogen) atoms. The van der Waals surface area contributed by atoms with Crippen LogP contribution in [0.5, 0.6) is 0 Å². The van der Waals surface area contributed by atoms with E-state index >= 15 is 0 Å². The highest BCUT2D eigenvalue weighted by Crippen LogP contribution is 2.29. The van der Waals surface area contributed by atoms with Crippen molar-refractivity contribution in [3.63, 3.8) is 0 Å². The zero-order chi connectivity index (χ0) is 11.5. The van der Waals surface area contributed by atoms with E-state index in [1.54, 1.807) is 0 Å². The number of nitrogens with one attached hydrogen (secondary N) is 1. The molecule has 0 unspecified atom stereocenters. The van der Waals surface area contributed by atoms with E-state index in [0.717, 1.165) is 35.0 Å². The summed E-state index contributed by atoms with van der Waals surface area (Å²) in [5.41, 5.74) is 3.65. The van der Waals surface area contributed by atoms with Crippen molar-refractivity contribution in [2.75, 3.05) is 13.2 Å². The normalized spacial score (nSPS) is 11.2. The lowest BCUT2D eigenvalue weighted by atomic mass is 10.0. The standard InChI is InChI=1S/C12H15BrN2O/c1-3-16-5-4-9-8(2)6-11-10(12(9)13)7-14-15-11/h6-7H,3-5H2,1-2H3,(H,14,15). The Kier molecular flexibility index (Phi) is 3.61. The lowest BCUT2D eigenvalue weighted by Gasteiger charge is -2.09. The molecule has 2 aromatic rings. The summed E-state index contributed by atoms with van der Waals surface area (Å²) >= 11 is 3.65. The SMILES string of the molecule is CCOCCc1c(C)cc2[nH]ncc2c1Br. The minimum absolute atomic E-state index is 0.763. The first kappa shape index (κ1) is 11.6. The average Bonchev–Trinajstić information content (AvgIpc) is 2.71. The topological polar surface area (TPSA) is 37.9 Å². The van der Waals surface area contributed by atoms with Crippen molar-refractivity contribution in [3.05, 3.63) is 27.9 Å². The molecule has 0 saturated carbocycles. The fourth-order valence-corrected chi connectivity index (χ4v) is 2.67. The first-order valence-corrected chi connectivity index (χ1v) is 6.22. The summed E-state index contributed by atoms with van der Waals surface area (Å²) in [6, 6.07) is 2.13. The zero-order valence-corrected chi connectivity index (χ0v) is 11.1. The van der Waals surface area contributed by atoms with Crippen LogP contribution in [0.2, 0.25) is 0 Å². The molecule has 0 fully saturated rings. The van der Waals surface area contributed by atoms with Gasteiger partial charge in [-0.1, -0.05) is 0 Å². The molecule has 1 aromatic heterocycles. The van der Waals surface area contributed by atoms with E-state index in [4.69, 9.17) is 4.74 Å². The van der Waals surface area contributed by atoms with Crippen LogP contribution in [-0.4, -0.2) is 23.4 Å². The van der Waals surface area contributed by atoms with Gasteiger partial charge in [0.15, 0.2) is 0 Å². The Morgan fingerprint density at radius 1 is 1.50 bits per heavy atom. The van der Waals surface area contributed by atoms with Gasteiger partial charge in [-0.2, -0.15) is 5.10 Å². The number of halogens is 1. The number of benzene rings is 1. The highest BCUT2D eigenvalue weighted by molar-refractivity contribution is 9.10. The van der Waals surface area contributed by atoms with Gasteiger partial charge in [0, 0.05) is 16.5 Å². The van der Waals surface area contributed by atoms with E-state index in [0.29, 0.717) is 0 Å². The Labute approximate surface area is 103 Å². The summed E-state index contributed by atoms with van der Waals surface area (Å²) in [4.78, 5) is 0. The molecule has 4 heteroatoms. The fraction of sp³-hybridized carbons (Fsp3) is 0.417. The van der Waals surface area contributed by atoms with Crippen LogP contribution in [-0.2, 0) is 11.2 Å². The summed E-state index contributed by atoms with van der Waals surface area (Å²) in [6.45, 7) is 5.66. The maximum Gasteiger partial charge on any atom is 0.0664 e. The highest BCUT2D eigenvalue weighted by atomic mass is 79.9. The quantitative estimate of drug-likeness (QED) is 0.875. The van der Waals surface area contributed by atoms with Crippen LogP contribution in [0, 0.1) is 6.92 Å². The van der Waals surface area contributed by atoms with Gasteiger partial charge in [-0.25, -0.2) is 0 Å². The molecule has 1 aromatic carbocycles. The molecule has 3 nitrogen and oxygen atoms in total. The van der Waals surface area contributed by atoms with Crippen LogP contribution < -0.4 is 0 Å². The monoisotopic (exact) mass is 282 g/mol. The van der Waals surface area contributed by atoms with Crippen molar-refractivity contribution in [1.82, 2.24) is 10.2 Å². The van der Waals surface area contributed by atoms with Crippen LogP contribution in [0.4, 0.5) is 0 Å². The van der Waals surface area contributed by atoms with E-state index in [1.165, 1.54) is 11.1 Å². The van der Waals surface area contributed by atoms with Gasteiger partial charge in [0.2, 0.25) is 0 Å². The molecule has 0 amide bonds. The molecule has 2 rings (SSSR count). The molecule has 0 atom stereocenters. The molecular weight excluding hydrogens is 268 g/mol. The third-order valence-electron chi connectivity index (χ3n) is 2.71. The lowest BCUT2D eigenvalue weighted by Crippen LogP contribution is -2.01. The summed E-state index contributed by atoms with van der Waals surface area (Å²) in [7, 11) is 0. The van der Waals surface area contributed by atoms with Gasteiger partial charge in [-0.3, -0.25) is 5.10 Å². The Balaban J connectivity index is 2.35. The Bertz CT molecular complexity index is 493. The van der Waals surface area contributed by atoms with Gasteiger partial charge in [0.1, 0.15) is 0 Å². The smallest absolute Gasteiger partial charge is 0.0664 e. The van der Waals surface area contributed by atoms with Gasteiger partial charge < -0.3 is 4.74 Å². The van der Waals surface area contributed by atoms with E-state index in [1.807, 2.05) is 13.1 Å². The van der Waals surface area contributed by atoms with Gasteiger partial charge >= 0.3 is 0 Å². The molecule has 0 spiro atoms.